The predicted molar refractivity (Wildman–Crippen MR) is 118 cm³/mol. The summed E-state index contributed by atoms with van der Waals surface area (Å²) in [4.78, 5) is 14.2. The standard InChI is InChI=1S/C24H42N2O2/c1-7-15-26(16-8-2)17-9-14-25-24(27)18-23(19(3)4)21-10-12-22(13-11-21)28-20(5)6/h10-13,19-20,23H,7-9,14-18H2,1-6H3,(H,25,27)/p+1/t23-/m1/s1. The number of amides is 1. The third kappa shape index (κ3) is 9.59. The Morgan fingerprint density at radius 2 is 1.61 bits per heavy atom. The summed E-state index contributed by atoms with van der Waals surface area (Å²) in [5, 5.41) is 3.14. The number of carbonyl (C=O) groups excluding carboxylic acids is 1. The number of hydrogen-bond donors (Lipinski definition) is 2. The minimum absolute atomic E-state index is 0.161. The molecule has 0 radical (unpaired) electrons. The van der Waals surface area contributed by atoms with Crippen LogP contribution in [0.2, 0.25) is 0 Å². The fourth-order valence-corrected chi connectivity index (χ4v) is 3.72. The number of carbonyl (C=O) groups is 1. The first kappa shape index (κ1) is 24.5. The van der Waals surface area contributed by atoms with Gasteiger partial charge in [-0.2, -0.15) is 0 Å². The number of nitrogens with one attached hydrogen (secondary N) is 2. The molecule has 4 nitrogen and oxygen atoms in total. The summed E-state index contributed by atoms with van der Waals surface area (Å²) < 4.78 is 5.73. The average Bonchev–Trinajstić information content (AvgIpc) is 2.63. The number of benzene rings is 1. The van der Waals surface area contributed by atoms with Crippen LogP contribution in [-0.2, 0) is 4.79 Å². The van der Waals surface area contributed by atoms with E-state index >= 15 is 0 Å². The SMILES string of the molecule is CCC[NH+](CCC)CCCNC(=O)C[C@@H](c1ccc(OC(C)C)cc1)C(C)C. The molecule has 0 aliphatic carbocycles. The summed E-state index contributed by atoms with van der Waals surface area (Å²) in [5.41, 5.74) is 1.21. The van der Waals surface area contributed by atoms with Crippen molar-refractivity contribution in [3.63, 3.8) is 0 Å². The van der Waals surface area contributed by atoms with Crippen molar-refractivity contribution in [3.05, 3.63) is 29.8 Å². The van der Waals surface area contributed by atoms with Gasteiger partial charge in [-0.15, -0.1) is 0 Å². The third-order valence-electron chi connectivity index (χ3n) is 5.13. The number of rotatable bonds is 14. The first-order valence-electron chi connectivity index (χ1n) is 11.2. The molecule has 1 amide bonds. The van der Waals surface area contributed by atoms with Gasteiger partial charge in [0.1, 0.15) is 5.75 Å². The molecule has 0 spiro atoms. The smallest absolute Gasteiger partial charge is 0.220 e. The summed E-state index contributed by atoms with van der Waals surface area (Å²) in [6.45, 7) is 17.3. The monoisotopic (exact) mass is 391 g/mol. The van der Waals surface area contributed by atoms with Crippen molar-refractivity contribution in [2.24, 2.45) is 5.92 Å². The Bertz CT molecular complexity index is 534. The molecule has 0 aromatic heterocycles. The second-order valence-corrected chi connectivity index (χ2v) is 8.49. The molecule has 0 aliphatic rings. The van der Waals surface area contributed by atoms with Gasteiger partial charge in [0.25, 0.3) is 0 Å². The Hall–Kier alpha value is -1.55. The van der Waals surface area contributed by atoms with Crippen molar-refractivity contribution < 1.29 is 14.4 Å². The van der Waals surface area contributed by atoms with E-state index in [1.54, 1.807) is 4.90 Å². The van der Waals surface area contributed by atoms with Gasteiger partial charge in [0.15, 0.2) is 0 Å². The van der Waals surface area contributed by atoms with E-state index in [-0.39, 0.29) is 17.9 Å². The molecule has 0 bridgehead atoms. The van der Waals surface area contributed by atoms with E-state index in [0.29, 0.717) is 12.3 Å². The molecule has 0 saturated heterocycles. The molecule has 0 saturated carbocycles. The van der Waals surface area contributed by atoms with Gasteiger partial charge in [0.05, 0.1) is 25.7 Å². The Labute approximate surface area is 173 Å². The first-order valence-corrected chi connectivity index (χ1v) is 11.2. The highest BCUT2D eigenvalue weighted by molar-refractivity contribution is 5.76. The Kier molecular flexibility index (Phi) is 11.9. The molecule has 0 fully saturated rings. The molecule has 0 aliphatic heterocycles. The summed E-state index contributed by atoms with van der Waals surface area (Å²) in [6, 6.07) is 8.24. The topological polar surface area (TPSA) is 42.8 Å². The van der Waals surface area contributed by atoms with Crippen LogP contribution in [0.15, 0.2) is 24.3 Å². The highest BCUT2D eigenvalue weighted by atomic mass is 16.5. The predicted octanol–water partition coefficient (Wildman–Crippen LogP) is 3.81. The van der Waals surface area contributed by atoms with Crippen molar-refractivity contribution in [1.29, 1.82) is 0 Å². The van der Waals surface area contributed by atoms with Crippen LogP contribution < -0.4 is 15.0 Å². The maximum Gasteiger partial charge on any atom is 0.220 e. The van der Waals surface area contributed by atoms with Gasteiger partial charge in [-0.1, -0.05) is 39.8 Å². The summed E-state index contributed by atoms with van der Waals surface area (Å²) in [6.07, 6.45) is 4.21. The zero-order chi connectivity index (χ0) is 20.9. The normalized spacial score (nSPS) is 12.6. The van der Waals surface area contributed by atoms with E-state index in [4.69, 9.17) is 4.74 Å². The summed E-state index contributed by atoms with van der Waals surface area (Å²) >= 11 is 0. The zero-order valence-electron chi connectivity index (χ0n) is 19.0. The van der Waals surface area contributed by atoms with Crippen LogP contribution in [0.4, 0.5) is 0 Å². The van der Waals surface area contributed by atoms with E-state index in [2.05, 4.69) is 45.1 Å². The molecule has 4 heteroatoms. The molecule has 2 N–H and O–H groups in total. The fourth-order valence-electron chi connectivity index (χ4n) is 3.72. The van der Waals surface area contributed by atoms with Gasteiger partial charge in [-0.25, -0.2) is 0 Å². The average molecular weight is 392 g/mol. The van der Waals surface area contributed by atoms with Crippen molar-refractivity contribution in [1.82, 2.24) is 5.32 Å². The van der Waals surface area contributed by atoms with Crippen molar-refractivity contribution in [3.8, 4) is 5.75 Å². The van der Waals surface area contributed by atoms with Gasteiger partial charge in [0, 0.05) is 19.4 Å². The van der Waals surface area contributed by atoms with Gasteiger partial charge in [-0.3, -0.25) is 4.79 Å². The molecule has 28 heavy (non-hydrogen) atoms. The lowest BCUT2D eigenvalue weighted by molar-refractivity contribution is -0.900. The van der Waals surface area contributed by atoms with E-state index in [0.717, 1.165) is 25.3 Å². The van der Waals surface area contributed by atoms with Crippen LogP contribution in [0.25, 0.3) is 0 Å². The van der Waals surface area contributed by atoms with Crippen molar-refractivity contribution in [2.45, 2.75) is 79.2 Å². The third-order valence-corrected chi connectivity index (χ3v) is 5.13. The number of quaternary nitrogens is 1. The molecule has 1 aromatic rings. The zero-order valence-corrected chi connectivity index (χ0v) is 19.0. The Morgan fingerprint density at radius 3 is 2.11 bits per heavy atom. The van der Waals surface area contributed by atoms with Gasteiger partial charge >= 0.3 is 0 Å². The molecule has 160 valence electrons. The summed E-state index contributed by atoms with van der Waals surface area (Å²) in [5.74, 6) is 1.69. The first-order chi connectivity index (χ1) is 13.4. The minimum atomic E-state index is 0.161. The maximum atomic E-state index is 12.5. The highest BCUT2D eigenvalue weighted by Crippen LogP contribution is 2.29. The van der Waals surface area contributed by atoms with Gasteiger partial charge in [-0.05, 0) is 56.2 Å². The molecule has 0 heterocycles. The van der Waals surface area contributed by atoms with Crippen LogP contribution >= 0.6 is 0 Å². The molecular formula is C24H43N2O2+. The largest absolute Gasteiger partial charge is 0.491 e. The van der Waals surface area contributed by atoms with Gasteiger partial charge in [0.2, 0.25) is 5.91 Å². The minimum Gasteiger partial charge on any atom is -0.491 e. The fraction of sp³-hybridized carbons (Fsp3) is 0.708. The lowest BCUT2D eigenvalue weighted by atomic mass is 9.85. The van der Waals surface area contributed by atoms with Crippen LogP contribution in [0.3, 0.4) is 0 Å². The van der Waals surface area contributed by atoms with Crippen molar-refractivity contribution >= 4 is 5.91 Å². The molecular weight excluding hydrogens is 348 g/mol. The van der Waals surface area contributed by atoms with Crippen LogP contribution in [0.5, 0.6) is 5.75 Å². The molecule has 1 rings (SSSR count). The van der Waals surface area contributed by atoms with E-state index in [1.807, 2.05) is 26.0 Å². The van der Waals surface area contributed by atoms with E-state index in [9.17, 15) is 4.79 Å². The number of hydrogen-bond acceptors (Lipinski definition) is 2. The Balaban J connectivity index is 2.49. The lowest BCUT2D eigenvalue weighted by Gasteiger charge is -2.22. The molecule has 1 aromatic carbocycles. The van der Waals surface area contributed by atoms with Gasteiger partial charge < -0.3 is 15.0 Å². The maximum absolute atomic E-state index is 12.5. The van der Waals surface area contributed by atoms with E-state index < -0.39 is 0 Å². The lowest BCUT2D eigenvalue weighted by Crippen LogP contribution is -3.12. The van der Waals surface area contributed by atoms with Crippen LogP contribution in [-0.4, -0.2) is 38.2 Å². The highest BCUT2D eigenvalue weighted by Gasteiger charge is 2.20. The van der Waals surface area contributed by atoms with Crippen molar-refractivity contribution in [2.75, 3.05) is 26.2 Å². The Morgan fingerprint density at radius 1 is 1.00 bits per heavy atom. The molecule has 1 atom stereocenters. The van der Waals surface area contributed by atoms with Crippen LogP contribution in [0, 0.1) is 5.92 Å². The quantitative estimate of drug-likeness (QED) is 0.474. The second kappa shape index (κ2) is 13.6. The van der Waals surface area contributed by atoms with Crippen LogP contribution in [0.1, 0.15) is 78.7 Å². The second-order valence-electron chi connectivity index (χ2n) is 8.49. The number of ether oxygens (including phenoxy) is 1. The molecule has 0 unspecified atom stereocenters. The van der Waals surface area contributed by atoms with E-state index in [1.165, 1.54) is 31.5 Å². The summed E-state index contributed by atoms with van der Waals surface area (Å²) in [7, 11) is 0.